The Labute approximate surface area is 178 Å². The first-order chi connectivity index (χ1) is 15.1. The smallest absolute Gasteiger partial charge is 0.344 e. The van der Waals surface area contributed by atoms with Gasteiger partial charge in [-0.1, -0.05) is 54.6 Å². The van der Waals surface area contributed by atoms with Gasteiger partial charge in [-0.05, 0) is 19.1 Å². The second kappa shape index (κ2) is 9.13. The van der Waals surface area contributed by atoms with Gasteiger partial charge < -0.3 is 14.8 Å². The van der Waals surface area contributed by atoms with Crippen molar-refractivity contribution in [1.82, 2.24) is 9.97 Å². The summed E-state index contributed by atoms with van der Waals surface area (Å²) in [4.78, 5) is 31.1. The average Bonchev–Trinajstić information content (AvgIpc) is 2.78. The number of esters is 1. The predicted octanol–water partition coefficient (Wildman–Crippen LogP) is 4.28. The normalized spacial score (nSPS) is 10.6. The zero-order chi connectivity index (χ0) is 21.6. The second-order valence-electron chi connectivity index (χ2n) is 6.72. The Hall–Kier alpha value is -4.13. The van der Waals surface area contributed by atoms with Gasteiger partial charge in [0.2, 0.25) is 5.95 Å². The highest BCUT2D eigenvalue weighted by Gasteiger charge is 2.10. The van der Waals surface area contributed by atoms with E-state index < -0.39 is 5.97 Å². The molecule has 0 bridgehead atoms. The van der Waals surface area contributed by atoms with Crippen LogP contribution in [0.4, 0.5) is 11.6 Å². The third kappa shape index (κ3) is 4.72. The number of fused-ring (bicyclic) bond motifs is 1. The fourth-order valence-electron chi connectivity index (χ4n) is 3.26. The number of nitrogens with one attached hydrogen (secondary N) is 2. The van der Waals surface area contributed by atoms with E-state index in [1.165, 1.54) is 6.07 Å². The molecule has 0 saturated heterocycles. The minimum atomic E-state index is -0.423. The molecule has 156 valence electrons. The molecular weight excluding hydrogens is 394 g/mol. The average molecular weight is 415 g/mol. The summed E-state index contributed by atoms with van der Waals surface area (Å²) in [6, 6.07) is 22.2. The van der Waals surface area contributed by atoms with Gasteiger partial charge in [0, 0.05) is 28.1 Å². The minimum absolute atomic E-state index is 0.168. The molecule has 0 amide bonds. The van der Waals surface area contributed by atoms with E-state index in [1.807, 2.05) is 60.7 Å². The summed E-state index contributed by atoms with van der Waals surface area (Å²) in [5.74, 6) is 0.471. The number of nitrogens with zero attached hydrogens (tertiary/aromatic N) is 1. The van der Waals surface area contributed by atoms with E-state index in [1.54, 1.807) is 13.0 Å². The quantitative estimate of drug-likeness (QED) is 0.438. The van der Waals surface area contributed by atoms with Crippen LogP contribution >= 0.6 is 0 Å². The van der Waals surface area contributed by atoms with Crippen molar-refractivity contribution in [3.8, 4) is 17.0 Å². The summed E-state index contributed by atoms with van der Waals surface area (Å²) >= 11 is 0. The fraction of sp³-hybridized carbons (Fsp3) is 0.125. The molecule has 7 heteroatoms. The standard InChI is InChI=1S/C24H21N3O4/c1-2-30-23(29)15-31-21-13-7-10-17-18(21)11-6-12-19(17)25-24-26-20(14-22(28)27-24)16-8-4-3-5-9-16/h3-14H,2,15H2,1H3,(H2,25,26,27,28). The largest absolute Gasteiger partial charge is 0.481 e. The van der Waals surface area contributed by atoms with Crippen LogP contribution in [0.25, 0.3) is 22.0 Å². The summed E-state index contributed by atoms with van der Waals surface area (Å²) in [5.41, 5.74) is 1.91. The van der Waals surface area contributed by atoms with Gasteiger partial charge in [0.1, 0.15) is 5.75 Å². The lowest BCUT2D eigenvalue weighted by Gasteiger charge is -2.13. The molecule has 0 aliphatic carbocycles. The summed E-state index contributed by atoms with van der Waals surface area (Å²) < 4.78 is 10.6. The molecule has 0 aliphatic rings. The molecule has 0 radical (unpaired) electrons. The van der Waals surface area contributed by atoms with Crippen LogP contribution in [0.5, 0.6) is 5.75 Å². The zero-order valence-electron chi connectivity index (χ0n) is 16.9. The molecule has 0 saturated carbocycles. The highest BCUT2D eigenvalue weighted by Crippen LogP contribution is 2.32. The summed E-state index contributed by atoms with van der Waals surface area (Å²) in [6.07, 6.45) is 0. The Morgan fingerprint density at radius 3 is 2.58 bits per heavy atom. The van der Waals surface area contributed by atoms with Crippen molar-refractivity contribution in [2.75, 3.05) is 18.5 Å². The maximum atomic E-state index is 12.2. The van der Waals surface area contributed by atoms with E-state index in [0.717, 1.165) is 22.0 Å². The molecule has 0 atom stereocenters. The first-order valence-corrected chi connectivity index (χ1v) is 9.88. The van der Waals surface area contributed by atoms with Crippen LogP contribution in [-0.4, -0.2) is 29.2 Å². The summed E-state index contributed by atoms with van der Waals surface area (Å²) in [5, 5.41) is 4.87. The number of H-pyrrole nitrogens is 1. The van der Waals surface area contributed by atoms with Crippen molar-refractivity contribution >= 4 is 28.4 Å². The van der Waals surface area contributed by atoms with E-state index in [-0.39, 0.29) is 12.2 Å². The number of aromatic amines is 1. The topological polar surface area (TPSA) is 93.3 Å². The molecule has 0 spiro atoms. The lowest BCUT2D eigenvalue weighted by Crippen LogP contribution is -2.14. The van der Waals surface area contributed by atoms with Crippen LogP contribution in [0.3, 0.4) is 0 Å². The van der Waals surface area contributed by atoms with Gasteiger partial charge in [-0.15, -0.1) is 0 Å². The predicted molar refractivity (Wildman–Crippen MR) is 120 cm³/mol. The molecule has 1 aromatic heterocycles. The number of aromatic nitrogens is 2. The molecule has 3 aromatic carbocycles. The van der Waals surface area contributed by atoms with Gasteiger partial charge in [0.15, 0.2) is 6.61 Å². The zero-order valence-corrected chi connectivity index (χ0v) is 16.9. The molecular formula is C24H21N3O4. The van der Waals surface area contributed by atoms with E-state index in [0.29, 0.717) is 24.0 Å². The number of anilines is 2. The number of carbonyl (C=O) groups excluding carboxylic acids is 1. The van der Waals surface area contributed by atoms with Crippen molar-refractivity contribution in [3.63, 3.8) is 0 Å². The van der Waals surface area contributed by atoms with Crippen LogP contribution in [-0.2, 0) is 9.53 Å². The van der Waals surface area contributed by atoms with Gasteiger partial charge in [0.25, 0.3) is 5.56 Å². The number of ether oxygens (including phenoxy) is 2. The number of hydrogen-bond acceptors (Lipinski definition) is 6. The van der Waals surface area contributed by atoms with Crippen molar-refractivity contribution < 1.29 is 14.3 Å². The van der Waals surface area contributed by atoms with Crippen molar-refractivity contribution in [3.05, 3.63) is 83.2 Å². The third-order valence-electron chi connectivity index (χ3n) is 4.60. The summed E-state index contributed by atoms with van der Waals surface area (Å²) in [7, 11) is 0. The molecule has 7 nitrogen and oxygen atoms in total. The van der Waals surface area contributed by atoms with E-state index in [4.69, 9.17) is 9.47 Å². The van der Waals surface area contributed by atoms with Gasteiger partial charge in [-0.2, -0.15) is 0 Å². The van der Waals surface area contributed by atoms with Gasteiger partial charge in [0.05, 0.1) is 12.3 Å². The first-order valence-electron chi connectivity index (χ1n) is 9.88. The van der Waals surface area contributed by atoms with Gasteiger partial charge in [-0.3, -0.25) is 9.78 Å². The number of hydrogen-bond donors (Lipinski definition) is 2. The first kappa shape index (κ1) is 20.2. The minimum Gasteiger partial charge on any atom is -0.481 e. The monoisotopic (exact) mass is 415 g/mol. The maximum Gasteiger partial charge on any atom is 0.344 e. The van der Waals surface area contributed by atoms with Crippen LogP contribution in [0, 0.1) is 0 Å². The molecule has 4 rings (SSSR count). The Morgan fingerprint density at radius 2 is 1.77 bits per heavy atom. The van der Waals surface area contributed by atoms with Crippen LogP contribution in [0.2, 0.25) is 0 Å². The van der Waals surface area contributed by atoms with Crippen LogP contribution in [0.15, 0.2) is 77.6 Å². The van der Waals surface area contributed by atoms with Gasteiger partial charge >= 0.3 is 5.97 Å². The number of benzene rings is 3. The van der Waals surface area contributed by atoms with E-state index in [9.17, 15) is 9.59 Å². The second-order valence-corrected chi connectivity index (χ2v) is 6.72. The molecule has 0 fully saturated rings. The van der Waals surface area contributed by atoms with Crippen LogP contribution < -0.4 is 15.6 Å². The van der Waals surface area contributed by atoms with E-state index >= 15 is 0 Å². The van der Waals surface area contributed by atoms with Crippen molar-refractivity contribution in [2.45, 2.75) is 6.92 Å². The lowest BCUT2D eigenvalue weighted by atomic mass is 10.1. The summed E-state index contributed by atoms with van der Waals surface area (Å²) in [6.45, 7) is 1.89. The maximum absolute atomic E-state index is 12.2. The molecule has 0 unspecified atom stereocenters. The molecule has 4 aromatic rings. The Bertz CT molecular complexity index is 1270. The van der Waals surface area contributed by atoms with Crippen molar-refractivity contribution in [2.24, 2.45) is 0 Å². The SMILES string of the molecule is CCOC(=O)COc1cccc2c(Nc3nc(-c4ccccc4)cc(=O)[nH]3)cccc12. The molecule has 31 heavy (non-hydrogen) atoms. The highest BCUT2D eigenvalue weighted by atomic mass is 16.6. The van der Waals surface area contributed by atoms with Crippen molar-refractivity contribution in [1.29, 1.82) is 0 Å². The van der Waals surface area contributed by atoms with Gasteiger partial charge in [-0.25, -0.2) is 9.78 Å². The lowest BCUT2D eigenvalue weighted by molar-refractivity contribution is -0.145. The molecule has 2 N–H and O–H groups in total. The molecule has 0 aliphatic heterocycles. The highest BCUT2D eigenvalue weighted by molar-refractivity contribution is 5.98. The Balaban J connectivity index is 1.65. The number of rotatable bonds is 7. The Morgan fingerprint density at radius 1 is 1.00 bits per heavy atom. The Kier molecular flexibility index (Phi) is 5.93. The third-order valence-corrected chi connectivity index (χ3v) is 4.60. The number of carbonyl (C=O) groups is 1. The fourth-order valence-corrected chi connectivity index (χ4v) is 3.26. The molecule has 1 heterocycles. The van der Waals surface area contributed by atoms with Crippen LogP contribution in [0.1, 0.15) is 6.92 Å². The van der Waals surface area contributed by atoms with E-state index in [2.05, 4.69) is 15.3 Å².